The smallest absolute Gasteiger partial charge is 0.232 e. The molecule has 0 bridgehead atoms. The van der Waals surface area contributed by atoms with Gasteiger partial charge in [-0.25, -0.2) is 8.42 Å². The monoisotopic (exact) mass is 388 g/mol. The van der Waals surface area contributed by atoms with Gasteiger partial charge >= 0.3 is 0 Å². The highest BCUT2D eigenvalue weighted by Crippen LogP contribution is 2.29. The third-order valence-electron chi connectivity index (χ3n) is 3.86. The van der Waals surface area contributed by atoms with Crippen LogP contribution in [0.2, 0.25) is 0 Å². The molecule has 0 unspecified atom stereocenters. The van der Waals surface area contributed by atoms with Gasteiger partial charge in [0.1, 0.15) is 0 Å². The molecule has 1 aromatic rings. The van der Waals surface area contributed by atoms with Crippen LogP contribution in [0.5, 0.6) is 0 Å². The largest absolute Gasteiger partial charge is 0.354 e. The van der Waals surface area contributed by atoms with Gasteiger partial charge in [-0.2, -0.15) is 0 Å². The summed E-state index contributed by atoms with van der Waals surface area (Å²) in [5.41, 5.74) is 1.63. The van der Waals surface area contributed by atoms with Gasteiger partial charge in [0.2, 0.25) is 15.9 Å². The predicted octanol–water partition coefficient (Wildman–Crippen LogP) is 2.44. The molecule has 0 heterocycles. The normalized spacial score (nSPS) is 15.2. The number of amides is 1. The zero-order valence-corrected chi connectivity index (χ0v) is 15.2. The summed E-state index contributed by atoms with van der Waals surface area (Å²) in [4.78, 5) is 11.8. The van der Waals surface area contributed by atoms with E-state index in [2.05, 4.69) is 21.2 Å². The van der Waals surface area contributed by atoms with E-state index in [4.69, 9.17) is 0 Å². The molecule has 1 saturated carbocycles. The van der Waals surface area contributed by atoms with Crippen LogP contribution < -0.4 is 9.62 Å². The quantitative estimate of drug-likeness (QED) is 0.813. The van der Waals surface area contributed by atoms with Crippen LogP contribution in [0.1, 0.15) is 24.8 Å². The van der Waals surface area contributed by atoms with Crippen LogP contribution in [0.25, 0.3) is 0 Å². The Bertz CT molecular complexity index is 657. The number of hydrogen-bond donors (Lipinski definition) is 1. The van der Waals surface area contributed by atoms with E-state index in [1.165, 1.54) is 10.6 Å². The molecule has 122 valence electrons. The summed E-state index contributed by atoms with van der Waals surface area (Å²) < 4.78 is 26.1. The number of carbonyl (C=O) groups is 1. The number of aryl methyl sites for hydroxylation is 1. The topological polar surface area (TPSA) is 66.5 Å². The molecule has 1 aliphatic carbocycles. The van der Waals surface area contributed by atoms with E-state index >= 15 is 0 Å². The molecule has 1 aliphatic rings. The summed E-state index contributed by atoms with van der Waals surface area (Å²) in [6, 6.07) is 5.51. The summed E-state index contributed by atoms with van der Waals surface area (Å²) in [5, 5.41) is 2.83. The van der Waals surface area contributed by atoms with Gasteiger partial charge in [-0.1, -0.05) is 12.5 Å². The first-order chi connectivity index (χ1) is 10.3. The number of carbonyl (C=O) groups excluding carboxylic acids is 1. The van der Waals surface area contributed by atoms with Crippen molar-refractivity contribution in [2.75, 3.05) is 23.7 Å². The fraction of sp³-hybridized carbons (Fsp3) is 0.533. The van der Waals surface area contributed by atoms with E-state index in [0.29, 0.717) is 12.2 Å². The molecular formula is C15H21BrN2O3S. The van der Waals surface area contributed by atoms with Crippen molar-refractivity contribution in [1.82, 2.24) is 5.32 Å². The van der Waals surface area contributed by atoms with E-state index in [0.717, 1.165) is 29.3 Å². The highest BCUT2D eigenvalue weighted by Gasteiger charge is 2.25. The lowest BCUT2D eigenvalue weighted by molar-refractivity contribution is -0.127. The first-order valence-corrected chi connectivity index (χ1v) is 9.95. The maximum Gasteiger partial charge on any atom is 0.232 e. The Kier molecular flexibility index (Phi) is 5.50. The Balaban J connectivity index is 2.05. The van der Waals surface area contributed by atoms with Gasteiger partial charge in [-0.3, -0.25) is 9.10 Å². The average Bonchev–Trinajstić information content (AvgIpc) is 2.32. The molecule has 0 aliphatic heterocycles. The molecule has 0 spiro atoms. The highest BCUT2D eigenvalue weighted by molar-refractivity contribution is 9.10. The lowest BCUT2D eigenvalue weighted by atomic mass is 9.85. The van der Waals surface area contributed by atoms with E-state index in [9.17, 15) is 13.2 Å². The first-order valence-electron chi connectivity index (χ1n) is 7.30. The molecule has 7 heteroatoms. The van der Waals surface area contributed by atoms with E-state index in [1.807, 2.05) is 19.1 Å². The minimum atomic E-state index is -3.41. The number of benzene rings is 1. The highest BCUT2D eigenvalue weighted by atomic mass is 79.9. The van der Waals surface area contributed by atoms with Gasteiger partial charge in [-0.05, 0) is 53.4 Å². The van der Waals surface area contributed by atoms with Crippen LogP contribution >= 0.6 is 15.9 Å². The number of nitrogens with one attached hydrogen (secondary N) is 1. The number of hydrogen-bond acceptors (Lipinski definition) is 3. The standard InChI is InChI=1S/C15H21BrN2O3S/c1-11-6-7-14(13(16)10-11)18(22(2,20)21)9-8-17-15(19)12-4-3-5-12/h6-7,10,12H,3-5,8-9H2,1-2H3,(H,17,19). The van der Waals surface area contributed by atoms with Crippen molar-refractivity contribution in [1.29, 1.82) is 0 Å². The van der Waals surface area contributed by atoms with Crippen LogP contribution in [0, 0.1) is 12.8 Å². The van der Waals surface area contributed by atoms with Gasteiger partial charge in [0.15, 0.2) is 0 Å². The molecule has 0 saturated heterocycles. The van der Waals surface area contributed by atoms with Gasteiger partial charge in [0, 0.05) is 16.9 Å². The molecule has 1 fully saturated rings. The van der Waals surface area contributed by atoms with E-state index in [1.54, 1.807) is 6.07 Å². The summed E-state index contributed by atoms with van der Waals surface area (Å²) >= 11 is 3.41. The van der Waals surface area contributed by atoms with Crippen LogP contribution in [-0.2, 0) is 14.8 Å². The zero-order valence-electron chi connectivity index (χ0n) is 12.8. The summed E-state index contributed by atoms with van der Waals surface area (Å²) in [5.74, 6) is 0.139. The Hall–Kier alpha value is -1.08. The fourth-order valence-corrected chi connectivity index (χ4v) is 4.14. The van der Waals surface area contributed by atoms with Gasteiger partial charge in [0.25, 0.3) is 0 Å². The van der Waals surface area contributed by atoms with Crippen molar-refractivity contribution < 1.29 is 13.2 Å². The molecule has 5 nitrogen and oxygen atoms in total. The molecule has 2 rings (SSSR count). The number of sulfonamides is 1. The van der Waals surface area contributed by atoms with E-state index in [-0.39, 0.29) is 18.4 Å². The second kappa shape index (κ2) is 7.00. The molecule has 1 aromatic carbocycles. The van der Waals surface area contributed by atoms with Crippen molar-refractivity contribution in [2.45, 2.75) is 26.2 Å². The van der Waals surface area contributed by atoms with Gasteiger partial charge < -0.3 is 5.32 Å². The molecule has 0 radical (unpaired) electrons. The lowest BCUT2D eigenvalue weighted by Gasteiger charge is -2.26. The number of nitrogens with zero attached hydrogens (tertiary/aromatic N) is 1. The van der Waals surface area contributed by atoms with Gasteiger partial charge in [-0.15, -0.1) is 0 Å². The van der Waals surface area contributed by atoms with Crippen molar-refractivity contribution in [3.05, 3.63) is 28.2 Å². The Morgan fingerprint density at radius 3 is 2.59 bits per heavy atom. The zero-order chi connectivity index (χ0) is 16.3. The third-order valence-corrected chi connectivity index (χ3v) is 5.68. The summed E-state index contributed by atoms with van der Waals surface area (Å²) in [6.45, 7) is 2.47. The van der Waals surface area contributed by atoms with Crippen LogP contribution in [0.4, 0.5) is 5.69 Å². The van der Waals surface area contributed by atoms with Crippen molar-refractivity contribution >= 4 is 37.5 Å². The molecule has 0 atom stereocenters. The Morgan fingerprint density at radius 2 is 2.09 bits per heavy atom. The maximum atomic E-state index is 12.0. The van der Waals surface area contributed by atoms with Gasteiger partial charge in [0.05, 0.1) is 18.5 Å². The average molecular weight is 389 g/mol. The molecule has 22 heavy (non-hydrogen) atoms. The fourth-order valence-electron chi connectivity index (χ4n) is 2.37. The molecular weight excluding hydrogens is 368 g/mol. The van der Waals surface area contributed by atoms with Crippen LogP contribution in [-0.4, -0.2) is 33.7 Å². The second-order valence-corrected chi connectivity index (χ2v) is 8.47. The Morgan fingerprint density at radius 1 is 1.41 bits per heavy atom. The third kappa shape index (κ3) is 4.23. The van der Waals surface area contributed by atoms with Crippen molar-refractivity contribution in [3.63, 3.8) is 0 Å². The number of anilines is 1. The number of rotatable bonds is 6. The van der Waals surface area contributed by atoms with Crippen LogP contribution in [0.15, 0.2) is 22.7 Å². The minimum Gasteiger partial charge on any atom is -0.354 e. The summed E-state index contributed by atoms with van der Waals surface area (Å²) in [6.07, 6.45) is 4.15. The minimum absolute atomic E-state index is 0.0303. The van der Waals surface area contributed by atoms with E-state index < -0.39 is 10.0 Å². The Labute approximate surface area is 140 Å². The second-order valence-electron chi connectivity index (χ2n) is 5.71. The molecule has 0 aromatic heterocycles. The van der Waals surface area contributed by atoms with Crippen LogP contribution in [0.3, 0.4) is 0 Å². The first kappa shape index (κ1) is 17.3. The summed E-state index contributed by atoms with van der Waals surface area (Å²) in [7, 11) is -3.41. The SMILES string of the molecule is Cc1ccc(N(CCNC(=O)C2CCC2)S(C)(=O)=O)c(Br)c1. The number of halogens is 1. The van der Waals surface area contributed by atoms with Crippen molar-refractivity contribution in [2.24, 2.45) is 5.92 Å². The maximum absolute atomic E-state index is 12.0. The van der Waals surface area contributed by atoms with Crippen molar-refractivity contribution in [3.8, 4) is 0 Å². The molecule has 1 amide bonds. The molecule has 1 N–H and O–H groups in total. The predicted molar refractivity (Wildman–Crippen MR) is 91.4 cm³/mol. The lowest BCUT2D eigenvalue weighted by Crippen LogP contribution is -2.41.